The summed E-state index contributed by atoms with van der Waals surface area (Å²) in [7, 11) is 1.77. The molecule has 1 saturated heterocycles. The molecule has 29 heavy (non-hydrogen) atoms. The zero-order valence-corrected chi connectivity index (χ0v) is 18.5. The average molecular weight is 398 g/mol. The molecule has 2 N–H and O–H groups in total. The van der Waals surface area contributed by atoms with E-state index in [4.69, 9.17) is 4.42 Å². The van der Waals surface area contributed by atoms with E-state index in [1.807, 2.05) is 0 Å². The highest BCUT2D eigenvalue weighted by Crippen LogP contribution is 2.23. The molecule has 1 aromatic carbocycles. The number of hydrogen-bond acceptors (Lipinski definition) is 4. The molecule has 6 nitrogen and oxygen atoms in total. The first-order valence-corrected chi connectivity index (χ1v) is 10.6. The fourth-order valence-electron chi connectivity index (χ4n) is 3.40. The molecule has 6 heteroatoms. The Balaban J connectivity index is 1.47. The molecule has 0 saturated carbocycles. The van der Waals surface area contributed by atoms with Crippen LogP contribution in [0, 0.1) is 5.92 Å². The van der Waals surface area contributed by atoms with Gasteiger partial charge in [-0.05, 0) is 36.5 Å². The van der Waals surface area contributed by atoms with E-state index in [-0.39, 0.29) is 5.41 Å². The lowest BCUT2D eigenvalue weighted by Gasteiger charge is -2.32. The summed E-state index contributed by atoms with van der Waals surface area (Å²) in [6.45, 7) is 12.2. The van der Waals surface area contributed by atoms with E-state index >= 15 is 0 Å². The number of benzene rings is 1. The third-order valence-corrected chi connectivity index (χ3v) is 5.47. The number of piperidine rings is 1. The van der Waals surface area contributed by atoms with Gasteiger partial charge in [0, 0.05) is 37.8 Å². The molecule has 0 spiro atoms. The van der Waals surface area contributed by atoms with Crippen LogP contribution in [0.3, 0.4) is 0 Å². The molecule has 1 aliphatic heterocycles. The molecule has 1 fully saturated rings. The summed E-state index contributed by atoms with van der Waals surface area (Å²) in [5.41, 5.74) is 2.51. The SMILES string of the molecule is CN=C(NCc1ccc(N2CCC(C)CC2)cc1)NCc1ncc(C(C)(C)C)o1. The van der Waals surface area contributed by atoms with Gasteiger partial charge in [-0.15, -0.1) is 0 Å². The lowest BCUT2D eigenvalue weighted by Crippen LogP contribution is -2.36. The van der Waals surface area contributed by atoms with Crippen molar-refractivity contribution in [2.75, 3.05) is 25.0 Å². The van der Waals surface area contributed by atoms with Crippen LogP contribution < -0.4 is 15.5 Å². The van der Waals surface area contributed by atoms with Gasteiger partial charge in [0.1, 0.15) is 5.76 Å². The van der Waals surface area contributed by atoms with Crippen molar-refractivity contribution in [1.29, 1.82) is 0 Å². The van der Waals surface area contributed by atoms with Crippen LogP contribution in [-0.4, -0.2) is 31.1 Å². The van der Waals surface area contributed by atoms with Crippen LogP contribution in [0.1, 0.15) is 57.8 Å². The molecule has 158 valence electrons. The lowest BCUT2D eigenvalue weighted by molar-refractivity contribution is 0.379. The predicted octanol–water partition coefficient (Wildman–Crippen LogP) is 4.07. The summed E-state index contributed by atoms with van der Waals surface area (Å²) >= 11 is 0. The number of rotatable bonds is 5. The van der Waals surface area contributed by atoms with E-state index in [0.717, 1.165) is 37.3 Å². The van der Waals surface area contributed by atoms with E-state index in [1.54, 1.807) is 13.2 Å². The van der Waals surface area contributed by atoms with Crippen LogP contribution in [0.15, 0.2) is 39.9 Å². The van der Waals surface area contributed by atoms with Gasteiger partial charge < -0.3 is 20.0 Å². The summed E-state index contributed by atoms with van der Waals surface area (Å²) < 4.78 is 5.82. The van der Waals surface area contributed by atoms with Gasteiger partial charge in [0.2, 0.25) is 5.89 Å². The van der Waals surface area contributed by atoms with Crippen molar-refractivity contribution in [2.45, 2.75) is 59.0 Å². The van der Waals surface area contributed by atoms with Crippen molar-refractivity contribution in [1.82, 2.24) is 15.6 Å². The topological polar surface area (TPSA) is 65.7 Å². The highest BCUT2D eigenvalue weighted by Gasteiger charge is 2.19. The molecule has 1 aliphatic rings. The minimum Gasteiger partial charge on any atom is -0.443 e. The van der Waals surface area contributed by atoms with Gasteiger partial charge in [-0.3, -0.25) is 4.99 Å². The number of nitrogens with one attached hydrogen (secondary N) is 2. The van der Waals surface area contributed by atoms with Crippen LogP contribution >= 0.6 is 0 Å². The Morgan fingerprint density at radius 2 is 1.79 bits per heavy atom. The lowest BCUT2D eigenvalue weighted by atomic mass is 9.94. The second-order valence-electron chi connectivity index (χ2n) is 8.98. The Bertz CT molecular complexity index is 795. The molecule has 0 radical (unpaired) electrons. The van der Waals surface area contributed by atoms with Gasteiger partial charge in [-0.25, -0.2) is 4.98 Å². The highest BCUT2D eigenvalue weighted by molar-refractivity contribution is 5.79. The fourth-order valence-corrected chi connectivity index (χ4v) is 3.40. The van der Waals surface area contributed by atoms with Crippen LogP contribution in [0.25, 0.3) is 0 Å². The number of hydrogen-bond donors (Lipinski definition) is 2. The van der Waals surface area contributed by atoms with Gasteiger partial charge in [0.05, 0.1) is 12.7 Å². The minimum atomic E-state index is -0.0379. The molecule has 1 aromatic heterocycles. The standard InChI is InChI=1S/C23H35N5O/c1-17-10-12-28(13-11-17)19-8-6-18(7-9-19)14-26-22(24-5)27-16-21-25-15-20(29-21)23(2,3)4/h6-9,15,17H,10-14,16H2,1-5H3,(H2,24,26,27). The van der Waals surface area contributed by atoms with E-state index in [9.17, 15) is 0 Å². The van der Waals surface area contributed by atoms with E-state index < -0.39 is 0 Å². The zero-order valence-electron chi connectivity index (χ0n) is 18.5. The number of oxazole rings is 1. The first-order valence-electron chi connectivity index (χ1n) is 10.6. The van der Waals surface area contributed by atoms with Crippen LogP contribution in [0.5, 0.6) is 0 Å². The smallest absolute Gasteiger partial charge is 0.213 e. The minimum absolute atomic E-state index is 0.0379. The Labute approximate surface area is 174 Å². The van der Waals surface area contributed by atoms with E-state index in [0.29, 0.717) is 12.4 Å². The largest absolute Gasteiger partial charge is 0.443 e. The summed E-state index contributed by atoms with van der Waals surface area (Å²) in [6, 6.07) is 8.84. The van der Waals surface area contributed by atoms with Crippen molar-refractivity contribution < 1.29 is 4.42 Å². The van der Waals surface area contributed by atoms with Gasteiger partial charge in [0.25, 0.3) is 0 Å². The van der Waals surface area contributed by atoms with Crippen molar-refractivity contribution >= 4 is 11.6 Å². The Kier molecular flexibility index (Phi) is 6.83. The van der Waals surface area contributed by atoms with Crippen molar-refractivity contribution in [3.8, 4) is 0 Å². The summed E-state index contributed by atoms with van der Waals surface area (Å²) in [5, 5.41) is 6.62. The number of guanidine groups is 1. The fraction of sp³-hybridized carbons (Fsp3) is 0.565. The molecular weight excluding hydrogens is 362 g/mol. The predicted molar refractivity (Wildman–Crippen MR) is 119 cm³/mol. The molecular formula is C23H35N5O. The summed E-state index contributed by atoms with van der Waals surface area (Å²) in [6.07, 6.45) is 4.37. The van der Waals surface area contributed by atoms with Crippen molar-refractivity contribution in [3.05, 3.63) is 47.7 Å². The highest BCUT2D eigenvalue weighted by atomic mass is 16.4. The Morgan fingerprint density at radius 1 is 1.14 bits per heavy atom. The van der Waals surface area contributed by atoms with E-state index in [1.165, 1.54) is 24.1 Å². The number of aromatic nitrogens is 1. The maximum atomic E-state index is 5.82. The quantitative estimate of drug-likeness (QED) is 0.588. The maximum Gasteiger partial charge on any atom is 0.213 e. The molecule has 2 heterocycles. The molecule has 0 amide bonds. The second kappa shape index (κ2) is 9.33. The van der Waals surface area contributed by atoms with Crippen molar-refractivity contribution in [2.24, 2.45) is 10.9 Å². The molecule has 2 aromatic rings. The zero-order chi connectivity index (χ0) is 20.9. The van der Waals surface area contributed by atoms with Crippen molar-refractivity contribution in [3.63, 3.8) is 0 Å². The monoisotopic (exact) mass is 397 g/mol. The first kappa shape index (κ1) is 21.2. The van der Waals surface area contributed by atoms with E-state index in [2.05, 4.69) is 77.5 Å². The third-order valence-electron chi connectivity index (χ3n) is 5.47. The summed E-state index contributed by atoms with van der Waals surface area (Å²) in [5.74, 6) is 3.14. The molecule has 0 atom stereocenters. The number of nitrogens with zero attached hydrogens (tertiary/aromatic N) is 3. The molecule has 0 unspecified atom stereocenters. The average Bonchev–Trinajstić information content (AvgIpc) is 3.19. The Hall–Kier alpha value is -2.50. The second-order valence-corrected chi connectivity index (χ2v) is 8.98. The molecule has 0 aliphatic carbocycles. The normalized spacial score (nSPS) is 16.2. The van der Waals surface area contributed by atoms with Gasteiger partial charge in [-0.1, -0.05) is 39.8 Å². The molecule has 0 bridgehead atoms. The summed E-state index contributed by atoms with van der Waals surface area (Å²) in [4.78, 5) is 11.1. The molecule has 3 rings (SSSR count). The first-order chi connectivity index (χ1) is 13.8. The third kappa shape index (κ3) is 5.99. The maximum absolute atomic E-state index is 5.82. The van der Waals surface area contributed by atoms with Crippen LogP contribution in [0.4, 0.5) is 5.69 Å². The van der Waals surface area contributed by atoms with Gasteiger partial charge in [-0.2, -0.15) is 0 Å². The number of aliphatic imine (C=N–C) groups is 1. The van der Waals surface area contributed by atoms with Crippen LogP contribution in [-0.2, 0) is 18.5 Å². The number of anilines is 1. The Morgan fingerprint density at radius 3 is 2.38 bits per heavy atom. The van der Waals surface area contributed by atoms with Gasteiger partial charge in [0.15, 0.2) is 5.96 Å². The van der Waals surface area contributed by atoms with Gasteiger partial charge >= 0.3 is 0 Å². The van der Waals surface area contributed by atoms with Crippen LogP contribution in [0.2, 0.25) is 0 Å².